The topological polar surface area (TPSA) is 79.7 Å². The first-order valence-electron chi connectivity index (χ1n) is 9.90. The van der Waals surface area contributed by atoms with E-state index in [9.17, 15) is 9.59 Å². The molecule has 31 heavy (non-hydrogen) atoms. The number of hydrogen-bond donors (Lipinski definition) is 0. The molecule has 7 nitrogen and oxygen atoms in total. The average Bonchev–Trinajstić information content (AvgIpc) is 3.56. The van der Waals surface area contributed by atoms with Gasteiger partial charge in [-0.05, 0) is 54.8 Å². The van der Waals surface area contributed by atoms with Crippen molar-refractivity contribution in [3.8, 4) is 17.2 Å². The number of para-hydroxylation sites is 1. The third-order valence-electron chi connectivity index (χ3n) is 4.94. The third kappa shape index (κ3) is 4.66. The monoisotopic (exact) mass is 418 g/mol. The fraction of sp³-hybridized carbons (Fsp3) is 0.208. The molecular formula is C24H22N2O5. The normalized spacial score (nSPS) is 13.2. The Hall–Kier alpha value is -3.87. The standard InChI is InChI=1S/C24H22N2O5/c1-29-22-14-16(9-13-23(27)30-2)8-12-21(22)31-24(28)20-15-19(17-10-11-17)25-26(20)18-6-4-3-5-7-18/h3-9,12-15,17H,10-11H2,1-2H3/b13-9+. The number of ether oxygens (including phenoxy) is 3. The van der Waals surface area contributed by atoms with Crippen molar-refractivity contribution in [3.05, 3.63) is 77.6 Å². The van der Waals surface area contributed by atoms with Crippen LogP contribution in [0.25, 0.3) is 11.8 Å². The van der Waals surface area contributed by atoms with Crippen molar-refractivity contribution in [1.82, 2.24) is 9.78 Å². The van der Waals surface area contributed by atoms with Gasteiger partial charge in [0.2, 0.25) is 0 Å². The average molecular weight is 418 g/mol. The molecule has 1 heterocycles. The Balaban J connectivity index is 1.61. The molecule has 0 aliphatic heterocycles. The SMILES string of the molecule is COC(=O)/C=C/c1ccc(OC(=O)c2cc(C3CC3)nn2-c2ccccc2)c(OC)c1. The Morgan fingerprint density at radius 1 is 1.03 bits per heavy atom. The Labute approximate surface area is 179 Å². The molecule has 1 aromatic heterocycles. The fourth-order valence-corrected chi connectivity index (χ4v) is 3.15. The van der Waals surface area contributed by atoms with E-state index in [1.807, 2.05) is 30.3 Å². The summed E-state index contributed by atoms with van der Waals surface area (Å²) in [6, 6.07) is 16.3. The van der Waals surface area contributed by atoms with E-state index in [1.54, 1.807) is 35.0 Å². The second-order valence-corrected chi connectivity index (χ2v) is 7.13. The maximum atomic E-state index is 13.1. The lowest BCUT2D eigenvalue weighted by Gasteiger charge is -2.11. The van der Waals surface area contributed by atoms with Crippen LogP contribution in [0.5, 0.6) is 11.5 Å². The maximum Gasteiger partial charge on any atom is 0.362 e. The van der Waals surface area contributed by atoms with E-state index in [0.29, 0.717) is 22.9 Å². The van der Waals surface area contributed by atoms with E-state index < -0.39 is 11.9 Å². The molecule has 4 rings (SSSR count). The molecule has 1 aliphatic carbocycles. The Morgan fingerprint density at radius 2 is 1.81 bits per heavy atom. The van der Waals surface area contributed by atoms with Crippen molar-refractivity contribution in [3.63, 3.8) is 0 Å². The highest BCUT2D eigenvalue weighted by Gasteiger charge is 2.29. The lowest BCUT2D eigenvalue weighted by Crippen LogP contribution is -2.15. The number of rotatable bonds is 7. The van der Waals surface area contributed by atoms with Gasteiger partial charge >= 0.3 is 11.9 Å². The Morgan fingerprint density at radius 3 is 2.48 bits per heavy atom. The summed E-state index contributed by atoms with van der Waals surface area (Å²) in [6.07, 6.45) is 5.05. The van der Waals surface area contributed by atoms with Gasteiger partial charge in [-0.1, -0.05) is 24.3 Å². The first-order valence-corrected chi connectivity index (χ1v) is 9.90. The third-order valence-corrected chi connectivity index (χ3v) is 4.94. The predicted molar refractivity (Wildman–Crippen MR) is 115 cm³/mol. The van der Waals surface area contributed by atoms with Crippen LogP contribution in [0.15, 0.2) is 60.7 Å². The highest BCUT2D eigenvalue weighted by atomic mass is 16.6. The molecule has 0 saturated heterocycles. The van der Waals surface area contributed by atoms with Crippen LogP contribution in [0.4, 0.5) is 0 Å². The van der Waals surface area contributed by atoms with Gasteiger partial charge in [-0.15, -0.1) is 0 Å². The smallest absolute Gasteiger partial charge is 0.362 e. The lowest BCUT2D eigenvalue weighted by atomic mass is 10.2. The largest absolute Gasteiger partial charge is 0.493 e. The van der Waals surface area contributed by atoms with Gasteiger partial charge in [0, 0.05) is 12.0 Å². The minimum atomic E-state index is -0.528. The lowest BCUT2D eigenvalue weighted by molar-refractivity contribution is -0.134. The van der Waals surface area contributed by atoms with Crippen molar-refractivity contribution >= 4 is 18.0 Å². The Kier molecular flexibility index (Phi) is 5.84. The molecule has 3 aromatic rings. The van der Waals surface area contributed by atoms with Gasteiger partial charge in [-0.3, -0.25) is 0 Å². The summed E-state index contributed by atoms with van der Waals surface area (Å²) in [5.74, 6) is 0.0477. The molecule has 0 spiro atoms. The summed E-state index contributed by atoms with van der Waals surface area (Å²) in [5, 5.41) is 4.64. The zero-order valence-corrected chi connectivity index (χ0v) is 17.3. The fourth-order valence-electron chi connectivity index (χ4n) is 3.15. The molecule has 158 valence electrons. The summed E-state index contributed by atoms with van der Waals surface area (Å²) in [6.45, 7) is 0. The summed E-state index contributed by atoms with van der Waals surface area (Å²) < 4.78 is 17.2. The number of methoxy groups -OCH3 is 2. The summed E-state index contributed by atoms with van der Waals surface area (Å²) >= 11 is 0. The molecule has 0 radical (unpaired) electrons. The van der Waals surface area contributed by atoms with Gasteiger partial charge in [-0.2, -0.15) is 5.10 Å². The van der Waals surface area contributed by atoms with E-state index in [4.69, 9.17) is 9.47 Å². The second kappa shape index (κ2) is 8.87. The van der Waals surface area contributed by atoms with Crippen LogP contribution in [-0.2, 0) is 9.53 Å². The number of nitrogens with zero attached hydrogens (tertiary/aromatic N) is 2. The molecular weight excluding hydrogens is 396 g/mol. The van der Waals surface area contributed by atoms with Crippen LogP contribution < -0.4 is 9.47 Å². The van der Waals surface area contributed by atoms with Crippen LogP contribution >= 0.6 is 0 Å². The van der Waals surface area contributed by atoms with E-state index in [2.05, 4.69) is 9.84 Å². The summed E-state index contributed by atoms with van der Waals surface area (Å²) in [4.78, 5) is 24.4. The van der Waals surface area contributed by atoms with Crippen molar-refractivity contribution < 1.29 is 23.8 Å². The minimum Gasteiger partial charge on any atom is -0.493 e. The number of esters is 2. The number of aromatic nitrogens is 2. The summed E-state index contributed by atoms with van der Waals surface area (Å²) in [5.41, 5.74) is 2.74. The molecule has 0 unspecified atom stereocenters. The quantitative estimate of drug-likeness (QED) is 0.326. The molecule has 0 amide bonds. The van der Waals surface area contributed by atoms with Crippen LogP contribution in [0.1, 0.15) is 40.5 Å². The summed E-state index contributed by atoms with van der Waals surface area (Å²) in [7, 11) is 2.80. The highest BCUT2D eigenvalue weighted by molar-refractivity contribution is 5.91. The number of carbonyl (C=O) groups is 2. The van der Waals surface area contributed by atoms with E-state index >= 15 is 0 Å². The molecule has 2 aromatic carbocycles. The van der Waals surface area contributed by atoms with Crippen molar-refractivity contribution in [2.24, 2.45) is 0 Å². The van der Waals surface area contributed by atoms with E-state index in [1.165, 1.54) is 20.3 Å². The van der Waals surface area contributed by atoms with Crippen LogP contribution in [-0.4, -0.2) is 35.9 Å². The zero-order valence-electron chi connectivity index (χ0n) is 17.3. The molecule has 1 saturated carbocycles. The van der Waals surface area contributed by atoms with E-state index in [0.717, 1.165) is 24.2 Å². The van der Waals surface area contributed by atoms with E-state index in [-0.39, 0.29) is 5.75 Å². The molecule has 0 bridgehead atoms. The van der Waals surface area contributed by atoms with Gasteiger partial charge in [0.25, 0.3) is 0 Å². The minimum absolute atomic E-state index is 0.275. The number of benzene rings is 2. The van der Waals surface area contributed by atoms with Gasteiger partial charge < -0.3 is 14.2 Å². The van der Waals surface area contributed by atoms with Crippen molar-refractivity contribution in [1.29, 1.82) is 0 Å². The predicted octanol–water partition coefficient (Wildman–Crippen LogP) is 4.16. The highest BCUT2D eigenvalue weighted by Crippen LogP contribution is 2.40. The Bertz CT molecular complexity index is 1130. The zero-order chi connectivity index (χ0) is 21.8. The van der Waals surface area contributed by atoms with Gasteiger partial charge in [0.15, 0.2) is 17.2 Å². The van der Waals surface area contributed by atoms with Crippen molar-refractivity contribution in [2.75, 3.05) is 14.2 Å². The van der Waals surface area contributed by atoms with Crippen LogP contribution in [0.2, 0.25) is 0 Å². The second-order valence-electron chi connectivity index (χ2n) is 7.13. The first kappa shape index (κ1) is 20.4. The molecule has 1 aliphatic rings. The first-order chi connectivity index (χ1) is 15.1. The molecule has 1 fully saturated rings. The van der Waals surface area contributed by atoms with Gasteiger partial charge in [0.05, 0.1) is 25.6 Å². The van der Waals surface area contributed by atoms with Gasteiger partial charge in [0.1, 0.15) is 0 Å². The van der Waals surface area contributed by atoms with Crippen LogP contribution in [0, 0.1) is 0 Å². The number of carbonyl (C=O) groups excluding carboxylic acids is 2. The molecule has 0 N–H and O–H groups in total. The molecule has 7 heteroatoms. The molecule has 0 atom stereocenters. The van der Waals surface area contributed by atoms with Crippen LogP contribution in [0.3, 0.4) is 0 Å². The number of hydrogen-bond acceptors (Lipinski definition) is 6. The van der Waals surface area contributed by atoms with Crippen molar-refractivity contribution in [2.45, 2.75) is 18.8 Å². The van der Waals surface area contributed by atoms with Gasteiger partial charge in [-0.25, -0.2) is 14.3 Å². The maximum absolute atomic E-state index is 13.1.